The van der Waals surface area contributed by atoms with Crippen molar-refractivity contribution in [1.29, 1.82) is 0 Å². The Kier molecular flexibility index (Phi) is 7.66. The maximum absolute atomic E-state index is 13.6. The smallest absolute Gasteiger partial charge is 0.475 e. The van der Waals surface area contributed by atoms with Gasteiger partial charge in [0.2, 0.25) is 0 Å². The van der Waals surface area contributed by atoms with Gasteiger partial charge in [-0.15, -0.1) is 0 Å². The third kappa shape index (κ3) is 6.17. The van der Waals surface area contributed by atoms with E-state index in [1.165, 1.54) is 11.0 Å². The number of carbonyl (C=O) groups is 2. The Morgan fingerprint density at radius 3 is 2.42 bits per heavy atom. The van der Waals surface area contributed by atoms with E-state index >= 15 is 0 Å². The quantitative estimate of drug-likeness (QED) is 0.702. The summed E-state index contributed by atoms with van der Waals surface area (Å²) in [6.07, 6.45) is -3.27. The van der Waals surface area contributed by atoms with Crippen LogP contribution in [0.3, 0.4) is 0 Å². The largest absolute Gasteiger partial charge is 0.490 e. The maximum atomic E-state index is 13.6. The number of hydrogen-bond donors (Lipinski definition) is 1. The molecular weight excluding hydrogens is 444 g/mol. The molecule has 3 rings (SSSR count). The van der Waals surface area contributed by atoms with E-state index < -0.39 is 18.0 Å². The van der Waals surface area contributed by atoms with E-state index in [2.05, 4.69) is 9.88 Å². The first-order valence-corrected chi connectivity index (χ1v) is 9.45. The van der Waals surface area contributed by atoms with Crippen molar-refractivity contribution in [3.8, 4) is 0 Å². The molecule has 12 heteroatoms. The van der Waals surface area contributed by atoms with Crippen molar-refractivity contribution >= 4 is 23.5 Å². The molecule has 1 unspecified atom stereocenters. The first-order valence-electron chi connectivity index (χ1n) is 9.08. The van der Waals surface area contributed by atoms with Gasteiger partial charge in [0.25, 0.3) is 5.91 Å². The third-order valence-corrected chi connectivity index (χ3v) is 4.90. The number of imidazole rings is 1. The lowest BCUT2D eigenvalue weighted by atomic mass is 10.1. The molecule has 31 heavy (non-hydrogen) atoms. The Balaban J connectivity index is 0.000000423. The van der Waals surface area contributed by atoms with E-state index in [9.17, 15) is 22.4 Å². The zero-order valence-electron chi connectivity index (χ0n) is 17.0. The Bertz CT molecular complexity index is 962. The number of benzene rings is 1. The standard InChI is InChI=1S/C17H20ClFN4O.C2HF3O2/c1-11-16-20-15(17(24)21(2)3)10-23(16)7-6-22(11)9-12-4-5-13(18)14(19)8-12;3-2(4,5)1(6)7/h4-5,8,10-11H,6-7,9H2,1-3H3;(H,6,7). The molecule has 1 aromatic carbocycles. The number of nitrogens with zero attached hydrogens (tertiary/aromatic N) is 4. The summed E-state index contributed by atoms with van der Waals surface area (Å²) in [5, 5.41) is 7.26. The number of fused-ring (bicyclic) bond motifs is 1. The van der Waals surface area contributed by atoms with Gasteiger partial charge >= 0.3 is 12.1 Å². The predicted molar refractivity (Wildman–Crippen MR) is 104 cm³/mol. The summed E-state index contributed by atoms with van der Waals surface area (Å²) in [5.41, 5.74) is 1.33. The van der Waals surface area contributed by atoms with Crippen LogP contribution in [0.2, 0.25) is 5.02 Å². The Labute approximate surface area is 180 Å². The summed E-state index contributed by atoms with van der Waals surface area (Å²) in [6.45, 7) is 4.22. The topological polar surface area (TPSA) is 78.7 Å². The highest BCUT2D eigenvalue weighted by atomic mass is 35.5. The molecular formula is C19H21ClF4N4O3. The fourth-order valence-corrected chi connectivity index (χ4v) is 3.07. The fourth-order valence-electron chi connectivity index (χ4n) is 2.96. The van der Waals surface area contributed by atoms with E-state index in [1.807, 2.05) is 23.8 Å². The van der Waals surface area contributed by atoms with Gasteiger partial charge in [0.05, 0.1) is 11.1 Å². The highest BCUT2D eigenvalue weighted by molar-refractivity contribution is 6.30. The molecule has 7 nitrogen and oxygen atoms in total. The number of hydrogen-bond acceptors (Lipinski definition) is 4. The van der Waals surface area contributed by atoms with Gasteiger partial charge in [0.1, 0.15) is 17.3 Å². The SMILES string of the molecule is CC1c2nc(C(=O)N(C)C)cn2CCN1Cc1ccc(Cl)c(F)c1.O=C(O)C(F)(F)F. The molecule has 0 aliphatic carbocycles. The van der Waals surface area contributed by atoms with Crippen LogP contribution in [0.15, 0.2) is 24.4 Å². The van der Waals surface area contributed by atoms with Crippen LogP contribution < -0.4 is 0 Å². The van der Waals surface area contributed by atoms with Gasteiger partial charge in [-0.2, -0.15) is 13.2 Å². The molecule has 0 saturated heterocycles. The molecule has 1 aliphatic rings. The molecule has 0 fully saturated rings. The second kappa shape index (κ2) is 9.65. The lowest BCUT2D eigenvalue weighted by molar-refractivity contribution is -0.192. The van der Waals surface area contributed by atoms with Crippen LogP contribution in [-0.2, 0) is 17.9 Å². The first-order chi connectivity index (χ1) is 14.3. The number of carboxylic acids is 1. The van der Waals surface area contributed by atoms with Crippen LogP contribution in [0.5, 0.6) is 0 Å². The summed E-state index contributed by atoms with van der Waals surface area (Å²) in [5.74, 6) is -2.40. The number of alkyl halides is 3. The number of rotatable bonds is 3. The fraction of sp³-hybridized carbons (Fsp3) is 0.421. The number of aliphatic carboxylic acids is 1. The van der Waals surface area contributed by atoms with E-state index in [-0.39, 0.29) is 17.0 Å². The molecule has 1 aliphatic heterocycles. The van der Waals surface area contributed by atoms with Crippen molar-refractivity contribution in [2.24, 2.45) is 0 Å². The Hall–Kier alpha value is -2.66. The van der Waals surface area contributed by atoms with Gasteiger partial charge in [-0.1, -0.05) is 17.7 Å². The van der Waals surface area contributed by atoms with Crippen molar-refractivity contribution in [3.63, 3.8) is 0 Å². The molecule has 2 heterocycles. The average molecular weight is 465 g/mol. The van der Waals surface area contributed by atoms with E-state index in [0.29, 0.717) is 12.2 Å². The predicted octanol–water partition coefficient (Wildman–Crippen LogP) is 3.59. The van der Waals surface area contributed by atoms with E-state index in [4.69, 9.17) is 21.5 Å². The van der Waals surface area contributed by atoms with Crippen molar-refractivity contribution < 1.29 is 32.3 Å². The molecule has 0 saturated carbocycles. The summed E-state index contributed by atoms with van der Waals surface area (Å²) in [4.78, 5) is 29.2. The second-order valence-electron chi connectivity index (χ2n) is 7.08. The Morgan fingerprint density at radius 2 is 1.90 bits per heavy atom. The summed E-state index contributed by atoms with van der Waals surface area (Å²) < 4.78 is 47.4. The molecule has 2 aromatic rings. The van der Waals surface area contributed by atoms with Crippen LogP contribution >= 0.6 is 11.6 Å². The molecule has 1 N–H and O–H groups in total. The van der Waals surface area contributed by atoms with Crippen molar-refractivity contribution in [1.82, 2.24) is 19.4 Å². The number of amides is 1. The molecule has 0 radical (unpaired) electrons. The lowest BCUT2D eigenvalue weighted by Crippen LogP contribution is -2.36. The second-order valence-corrected chi connectivity index (χ2v) is 7.48. The van der Waals surface area contributed by atoms with Crippen molar-refractivity contribution in [2.75, 3.05) is 20.6 Å². The number of carboxylic acid groups (broad SMARTS) is 1. The van der Waals surface area contributed by atoms with Crippen LogP contribution in [0.4, 0.5) is 17.6 Å². The molecule has 1 amide bonds. The molecule has 170 valence electrons. The van der Waals surface area contributed by atoms with Gasteiger partial charge in [-0.3, -0.25) is 9.69 Å². The lowest BCUT2D eigenvalue weighted by Gasteiger charge is -2.33. The number of halogens is 5. The number of aromatic nitrogens is 2. The third-order valence-electron chi connectivity index (χ3n) is 4.59. The molecule has 0 bridgehead atoms. The highest BCUT2D eigenvalue weighted by Gasteiger charge is 2.38. The first kappa shape index (κ1) is 24.6. The summed E-state index contributed by atoms with van der Waals surface area (Å²) in [7, 11) is 3.43. The van der Waals surface area contributed by atoms with E-state index in [1.54, 1.807) is 20.2 Å². The zero-order valence-corrected chi connectivity index (χ0v) is 17.7. The van der Waals surface area contributed by atoms with Crippen LogP contribution in [-0.4, -0.2) is 63.2 Å². The van der Waals surface area contributed by atoms with Gasteiger partial charge in [0, 0.05) is 39.9 Å². The van der Waals surface area contributed by atoms with Gasteiger partial charge < -0.3 is 14.6 Å². The normalized spacial score (nSPS) is 16.2. The monoisotopic (exact) mass is 464 g/mol. The van der Waals surface area contributed by atoms with Crippen LogP contribution in [0, 0.1) is 5.82 Å². The molecule has 1 atom stereocenters. The molecule has 1 aromatic heterocycles. The van der Waals surface area contributed by atoms with Gasteiger partial charge in [-0.05, 0) is 24.6 Å². The summed E-state index contributed by atoms with van der Waals surface area (Å²) >= 11 is 5.74. The van der Waals surface area contributed by atoms with E-state index in [0.717, 1.165) is 24.5 Å². The average Bonchev–Trinajstić information content (AvgIpc) is 3.11. The maximum Gasteiger partial charge on any atom is 0.490 e. The zero-order chi connectivity index (χ0) is 23.5. The van der Waals surface area contributed by atoms with Crippen molar-refractivity contribution in [2.45, 2.75) is 32.2 Å². The van der Waals surface area contributed by atoms with Gasteiger partial charge in [-0.25, -0.2) is 14.2 Å². The highest BCUT2D eigenvalue weighted by Crippen LogP contribution is 2.27. The minimum Gasteiger partial charge on any atom is -0.475 e. The van der Waals surface area contributed by atoms with Crippen molar-refractivity contribution in [3.05, 3.63) is 52.3 Å². The van der Waals surface area contributed by atoms with Crippen LogP contribution in [0.1, 0.15) is 34.8 Å². The molecule has 0 spiro atoms. The van der Waals surface area contributed by atoms with Gasteiger partial charge in [0.15, 0.2) is 0 Å². The summed E-state index contributed by atoms with van der Waals surface area (Å²) in [6, 6.07) is 4.92. The Morgan fingerprint density at radius 1 is 1.29 bits per heavy atom. The number of carbonyl (C=O) groups excluding carboxylic acids is 1. The minimum absolute atomic E-state index is 0.0428. The van der Waals surface area contributed by atoms with Crippen LogP contribution in [0.25, 0.3) is 0 Å². The minimum atomic E-state index is -5.08.